The number of piperidine rings is 1. The average molecular weight is 724 g/mol. The first-order valence-electron chi connectivity index (χ1n) is 21.3. The molecule has 1 aliphatic rings. The highest BCUT2D eigenvalue weighted by Crippen LogP contribution is 2.29. The van der Waals surface area contributed by atoms with Gasteiger partial charge in [0, 0.05) is 32.2 Å². The molecule has 0 N–H and O–H groups in total. The van der Waals surface area contributed by atoms with E-state index in [1.54, 1.807) is 0 Å². The van der Waals surface area contributed by atoms with Gasteiger partial charge in [-0.25, -0.2) is 0 Å². The standard InChI is InChI=1S/C42H77NO8/c1-6-11-12-13-14-15-16-17-18-19-20-21-22-23-24-25-26-27-32-43-33-36(49-38(45)29-8-3)42(51-40(47)31-10-5)41(50-39(46)30-9-4)35(43)34-48-37(44)28-7-2/h35-36,41-42H,6-34H2,1-5H3/t35-,36+,41-,42-/m1/s1. The number of likely N-dealkylation sites (tertiary alicyclic amines) is 1. The first-order valence-corrected chi connectivity index (χ1v) is 21.3. The molecule has 0 amide bonds. The highest BCUT2D eigenvalue weighted by atomic mass is 16.6. The summed E-state index contributed by atoms with van der Waals surface area (Å²) < 4.78 is 23.6. The number of carbonyl (C=O) groups excluding carboxylic acids is 4. The quantitative estimate of drug-likeness (QED) is 0.0381. The van der Waals surface area contributed by atoms with E-state index in [-0.39, 0.29) is 37.8 Å². The summed E-state index contributed by atoms with van der Waals surface area (Å²) in [6.07, 6.45) is 24.1. The maximum atomic E-state index is 12.9. The number of esters is 4. The molecule has 0 unspecified atom stereocenters. The van der Waals surface area contributed by atoms with Gasteiger partial charge < -0.3 is 18.9 Å². The lowest BCUT2D eigenvalue weighted by molar-refractivity contribution is -0.210. The fourth-order valence-electron chi connectivity index (χ4n) is 6.89. The monoisotopic (exact) mass is 724 g/mol. The minimum atomic E-state index is -0.989. The third-order valence-electron chi connectivity index (χ3n) is 9.80. The van der Waals surface area contributed by atoms with Gasteiger partial charge >= 0.3 is 23.9 Å². The minimum absolute atomic E-state index is 0.000588. The summed E-state index contributed by atoms with van der Waals surface area (Å²) in [5, 5.41) is 0. The molecule has 0 spiro atoms. The summed E-state index contributed by atoms with van der Waals surface area (Å²) in [6, 6.07) is -0.530. The van der Waals surface area contributed by atoms with Crippen molar-refractivity contribution < 1.29 is 38.1 Å². The molecule has 51 heavy (non-hydrogen) atoms. The van der Waals surface area contributed by atoms with Crippen LogP contribution in [0.15, 0.2) is 0 Å². The van der Waals surface area contributed by atoms with Gasteiger partial charge in [-0.05, 0) is 38.6 Å². The smallest absolute Gasteiger partial charge is 0.306 e. The minimum Gasteiger partial charge on any atom is -0.464 e. The van der Waals surface area contributed by atoms with Crippen LogP contribution in [0.1, 0.15) is 202 Å². The zero-order valence-corrected chi connectivity index (χ0v) is 33.5. The summed E-state index contributed by atoms with van der Waals surface area (Å²) >= 11 is 0. The van der Waals surface area contributed by atoms with Gasteiger partial charge in [-0.1, -0.05) is 144 Å². The van der Waals surface area contributed by atoms with Crippen LogP contribution in [0.3, 0.4) is 0 Å². The Balaban J connectivity index is 2.75. The van der Waals surface area contributed by atoms with Crippen molar-refractivity contribution in [3.63, 3.8) is 0 Å². The molecule has 1 saturated heterocycles. The van der Waals surface area contributed by atoms with Crippen LogP contribution in [-0.4, -0.2) is 72.8 Å². The van der Waals surface area contributed by atoms with Gasteiger partial charge in [0.1, 0.15) is 6.61 Å². The van der Waals surface area contributed by atoms with Crippen molar-refractivity contribution >= 4 is 23.9 Å². The number of carbonyl (C=O) groups is 4. The third-order valence-corrected chi connectivity index (χ3v) is 9.80. The predicted octanol–water partition coefficient (Wildman–Crippen LogP) is 10.2. The Kier molecular flexibility index (Phi) is 28.8. The maximum absolute atomic E-state index is 12.9. The van der Waals surface area contributed by atoms with E-state index in [2.05, 4.69) is 11.8 Å². The molecule has 1 fully saturated rings. The van der Waals surface area contributed by atoms with E-state index in [1.165, 1.54) is 96.3 Å². The summed E-state index contributed by atoms with van der Waals surface area (Å²) in [5.74, 6) is -1.55. The lowest BCUT2D eigenvalue weighted by atomic mass is 9.92. The van der Waals surface area contributed by atoms with E-state index in [0.29, 0.717) is 45.2 Å². The van der Waals surface area contributed by atoms with E-state index in [0.717, 1.165) is 19.3 Å². The van der Waals surface area contributed by atoms with Crippen LogP contribution in [-0.2, 0) is 38.1 Å². The molecule has 1 aliphatic heterocycles. The van der Waals surface area contributed by atoms with E-state index in [4.69, 9.17) is 18.9 Å². The highest BCUT2D eigenvalue weighted by Gasteiger charge is 2.50. The first kappa shape index (κ1) is 46.9. The van der Waals surface area contributed by atoms with Crippen LogP contribution in [0.5, 0.6) is 0 Å². The third kappa shape index (κ3) is 22.5. The van der Waals surface area contributed by atoms with Crippen molar-refractivity contribution in [3.05, 3.63) is 0 Å². The number of hydrogen-bond acceptors (Lipinski definition) is 9. The Morgan fingerprint density at radius 2 is 0.824 bits per heavy atom. The lowest BCUT2D eigenvalue weighted by Crippen LogP contribution is -2.65. The number of rotatable bonds is 32. The largest absolute Gasteiger partial charge is 0.464 e. The molecule has 0 aromatic heterocycles. The Morgan fingerprint density at radius 3 is 1.25 bits per heavy atom. The number of hydrogen-bond donors (Lipinski definition) is 0. The van der Waals surface area contributed by atoms with Crippen molar-refractivity contribution in [3.8, 4) is 0 Å². The highest BCUT2D eigenvalue weighted by molar-refractivity contribution is 5.72. The molecule has 298 valence electrons. The Labute approximate surface area is 312 Å². The van der Waals surface area contributed by atoms with E-state index in [9.17, 15) is 19.2 Å². The Morgan fingerprint density at radius 1 is 0.451 bits per heavy atom. The fraction of sp³-hybridized carbons (Fsp3) is 0.905. The molecule has 0 aromatic carbocycles. The van der Waals surface area contributed by atoms with Crippen LogP contribution in [0.2, 0.25) is 0 Å². The molecule has 4 atom stereocenters. The van der Waals surface area contributed by atoms with Gasteiger partial charge in [-0.2, -0.15) is 0 Å². The van der Waals surface area contributed by atoms with Gasteiger partial charge in [0.15, 0.2) is 18.3 Å². The van der Waals surface area contributed by atoms with Crippen LogP contribution < -0.4 is 0 Å². The van der Waals surface area contributed by atoms with Crippen molar-refractivity contribution in [1.29, 1.82) is 0 Å². The molecular weight excluding hydrogens is 646 g/mol. The molecule has 0 aliphatic carbocycles. The van der Waals surface area contributed by atoms with Gasteiger partial charge in [0.2, 0.25) is 0 Å². The van der Waals surface area contributed by atoms with Crippen LogP contribution >= 0.6 is 0 Å². The Bertz CT molecular complexity index is 911. The average Bonchev–Trinajstić information content (AvgIpc) is 3.09. The van der Waals surface area contributed by atoms with E-state index in [1.807, 2.05) is 27.7 Å². The maximum Gasteiger partial charge on any atom is 0.306 e. The summed E-state index contributed by atoms with van der Waals surface area (Å²) in [4.78, 5) is 53.1. The molecule has 1 rings (SSSR count). The van der Waals surface area contributed by atoms with E-state index >= 15 is 0 Å². The second-order valence-corrected chi connectivity index (χ2v) is 14.7. The van der Waals surface area contributed by atoms with Crippen molar-refractivity contribution in [2.24, 2.45) is 0 Å². The second kappa shape index (κ2) is 31.4. The molecule has 9 nitrogen and oxygen atoms in total. The van der Waals surface area contributed by atoms with Gasteiger partial charge in [0.05, 0.1) is 6.04 Å². The number of nitrogens with zero attached hydrogens (tertiary/aromatic N) is 1. The lowest BCUT2D eigenvalue weighted by Gasteiger charge is -2.47. The van der Waals surface area contributed by atoms with Gasteiger partial charge in [0.25, 0.3) is 0 Å². The van der Waals surface area contributed by atoms with Crippen LogP contribution in [0.4, 0.5) is 0 Å². The van der Waals surface area contributed by atoms with Gasteiger partial charge in [-0.15, -0.1) is 0 Å². The number of unbranched alkanes of at least 4 members (excludes halogenated alkanes) is 17. The van der Waals surface area contributed by atoms with E-state index < -0.39 is 36.3 Å². The summed E-state index contributed by atoms with van der Waals surface area (Å²) in [7, 11) is 0. The Hall–Kier alpha value is -2.16. The van der Waals surface area contributed by atoms with Crippen molar-refractivity contribution in [1.82, 2.24) is 4.90 Å². The molecule has 0 radical (unpaired) electrons. The van der Waals surface area contributed by atoms with Crippen LogP contribution in [0.25, 0.3) is 0 Å². The molecular formula is C42H77NO8. The first-order chi connectivity index (χ1) is 24.8. The van der Waals surface area contributed by atoms with Gasteiger partial charge in [-0.3, -0.25) is 24.1 Å². The molecule has 0 bridgehead atoms. The molecule has 9 heteroatoms. The molecule has 0 saturated carbocycles. The van der Waals surface area contributed by atoms with Crippen LogP contribution in [0, 0.1) is 0 Å². The second-order valence-electron chi connectivity index (χ2n) is 14.7. The SMILES string of the molecule is CCCCCCCCCCCCCCCCCCCCN1C[C@H](OC(=O)CCC)[C@@H](OC(=O)CCC)[C@H](OC(=O)CCC)[C@H]1COC(=O)CCC. The van der Waals surface area contributed by atoms with Crippen molar-refractivity contribution in [2.45, 2.75) is 226 Å². The normalized spacial score (nSPS) is 19.1. The fourth-order valence-corrected chi connectivity index (χ4v) is 6.89. The summed E-state index contributed by atoms with van der Waals surface area (Å²) in [6.45, 7) is 10.8. The predicted molar refractivity (Wildman–Crippen MR) is 204 cm³/mol. The number of ether oxygens (including phenoxy) is 4. The van der Waals surface area contributed by atoms with Crippen molar-refractivity contribution in [2.75, 3.05) is 19.7 Å². The zero-order chi connectivity index (χ0) is 37.5. The topological polar surface area (TPSA) is 108 Å². The zero-order valence-electron chi connectivity index (χ0n) is 33.5. The molecule has 1 heterocycles. The molecule has 0 aromatic rings. The summed E-state index contributed by atoms with van der Waals surface area (Å²) in [5.41, 5.74) is 0.